The van der Waals surface area contributed by atoms with Gasteiger partial charge in [-0.3, -0.25) is 19.2 Å². The zero-order valence-corrected chi connectivity index (χ0v) is 20.8. The zero-order valence-electron chi connectivity index (χ0n) is 20.0. The maximum atomic E-state index is 13.1. The van der Waals surface area contributed by atoms with Crippen LogP contribution in [-0.4, -0.2) is 42.1 Å². The number of amides is 2. The molecule has 2 amide bonds. The number of benzene rings is 1. The summed E-state index contributed by atoms with van der Waals surface area (Å²) in [4.78, 5) is 53.7. The van der Waals surface area contributed by atoms with Crippen molar-refractivity contribution in [3.8, 4) is 5.75 Å². The first-order valence-corrected chi connectivity index (χ1v) is 12.6. The summed E-state index contributed by atoms with van der Waals surface area (Å²) in [6.07, 6.45) is 1.13. The Balaban J connectivity index is 1.58. The Morgan fingerprint density at radius 3 is 2.41 bits per heavy atom. The van der Waals surface area contributed by atoms with Gasteiger partial charge >= 0.3 is 0 Å². The van der Waals surface area contributed by atoms with Crippen LogP contribution in [0.5, 0.6) is 5.75 Å². The maximum absolute atomic E-state index is 13.1. The third-order valence-electron chi connectivity index (χ3n) is 5.96. The quantitative estimate of drug-likeness (QED) is 0.475. The smallest absolute Gasteiger partial charge is 0.263 e. The van der Waals surface area contributed by atoms with E-state index >= 15 is 0 Å². The maximum Gasteiger partial charge on any atom is 0.263 e. The Kier molecular flexibility index (Phi) is 8.98. The lowest BCUT2D eigenvalue weighted by molar-refractivity contribution is -0.129. The van der Waals surface area contributed by atoms with Gasteiger partial charge < -0.3 is 15.0 Å². The van der Waals surface area contributed by atoms with Crippen LogP contribution in [0.1, 0.15) is 66.9 Å². The summed E-state index contributed by atoms with van der Waals surface area (Å²) in [6, 6.07) is 10.8. The SMILES string of the molecule is CCC(CC)NC(=O)C1CN(C(=O)CCC(=O)CCC(=O)c2ccc(C)s2)c2ccccc2O1. The molecule has 0 bridgehead atoms. The lowest BCUT2D eigenvalue weighted by Crippen LogP contribution is -2.52. The summed E-state index contributed by atoms with van der Waals surface area (Å²) >= 11 is 1.42. The van der Waals surface area contributed by atoms with E-state index in [0.29, 0.717) is 16.3 Å². The number of hydrogen-bond donors (Lipinski definition) is 1. The van der Waals surface area contributed by atoms with Crippen molar-refractivity contribution in [3.63, 3.8) is 0 Å². The number of nitrogens with one attached hydrogen (secondary N) is 1. The number of hydrogen-bond acceptors (Lipinski definition) is 6. The molecule has 34 heavy (non-hydrogen) atoms. The molecule has 1 unspecified atom stereocenters. The molecular formula is C26H32N2O5S. The van der Waals surface area contributed by atoms with Crippen LogP contribution >= 0.6 is 11.3 Å². The van der Waals surface area contributed by atoms with E-state index in [1.54, 1.807) is 30.3 Å². The first-order valence-electron chi connectivity index (χ1n) is 11.8. The van der Waals surface area contributed by atoms with Crippen LogP contribution in [0.15, 0.2) is 36.4 Å². The highest BCUT2D eigenvalue weighted by Crippen LogP contribution is 2.33. The summed E-state index contributed by atoms with van der Waals surface area (Å²) in [5.41, 5.74) is 0.592. The van der Waals surface area contributed by atoms with Crippen LogP contribution in [-0.2, 0) is 14.4 Å². The first-order chi connectivity index (χ1) is 16.3. The van der Waals surface area contributed by atoms with Gasteiger partial charge in [0.1, 0.15) is 11.5 Å². The molecule has 1 N–H and O–H groups in total. The number of anilines is 1. The molecule has 1 aromatic heterocycles. The second-order valence-corrected chi connectivity index (χ2v) is 9.76. The Bertz CT molecular complexity index is 1040. The molecule has 0 fully saturated rings. The number of ketones is 2. The van der Waals surface area contributed by atoms with E-state index in [9.17, 15) is 19.2 Å². The number of Topliss-reactive ketones (excluding diaryl/α,β-unsaturated/α-hetero) is 2. The number of rotatable bonds is 11. The molecule has 182 valence electrons. The Hall–Kier alpha value is -3.00. The summed E-state index contributed by atoms with van der Waals surface area (Å²) in [5, 5.41) is 2.98. The molecule has 0 saturated heterocycles. The number of aryl methyl sites for hydroxylation is 1. The number of ether oxygens (including phenoxy) is 1. The van der Waals surface area contributed by atoms with Crippen LogP contribution in [0, 0.1) is 6.92 Å². The second-order valence-electron chi connectivity index (χ2n) is 8.47. The number of carbonyl (C=O) groups is 4. The van der Waals surface area contributed by atoms with E-state index in [0.717, 1.165) is 17.7 Å². The van der Waals surface area contributed by atoms with Gasteiger partial charge in [-0.05, 0) is 44.0 Å². The molecule has 0 spiro atoms. The van der Waals surface area contributed by atoms with Crippen molar-refractivity contribution >= 4 is 40.4 Å². The third-order valence-corrected chi connectivity index (χ3v) is 7.00. The van der Waals surface area contributed by atoms with E-state index in [2.05, 4.69) is 5.32 Å². The van der Waals surface area contributed by atoms with Gasteiger partial charge in [-0.1, -0.05) is 26.0 Å². The van der Waals surface area contributed by atoms with Crippen molar-refractivity contribution in [1.82, 2.24) is 5.32 Å². The normalized spacial score (nSPS) is 14.9. The van der Waals surface area contributed by atoms with E-state index < -0.39 is 6.10 Å². The summed E-state index contributed by atoms with van der Waals surface area (Å²) in [7, 11) is 0. The minimum absolute atomic E-state index is 0.0142. The number of thiophene rings is 1. The van der Waals surface area contributed by atoms with Crippen LogP contribution in [0.2, 0.25) is 0 Å². The molecule has 0 radical (unpaired) electrons. The molecule has 0 aliphatic carbocycles. The van der Waals surface area contributed by atoms with Crippen LogP contribution in [0.4, 0.5) is 5.69 Å². The highest BCUT2D eigenvalue weighted by atomic mass is 32.1. The third kappa shape index (κ3) is 6.53. The lowest BCUT2D eigenvalue weighted by Gasteiger charge is -2.34. The minimum Gasteiger partial charge on any atom is -0.477 e. The Morgan fingerprint density at radius 1 is 1.03 bits per heavy atom. The fourth-order valence-electron chi connectivity index (χ4n) is 3.86. The summed E-state index contributed by atoms with van der Waals surface area (Å²) in [5.74, 6) is -0.204. The predicted molar refractivity (Wildman–Crippen MR) is 133 cm³/mol. The molecule has 7 nitrogen and oxygen atoms in total. The van der Waals surface area contributed by atoms with Gasteiger partial charge in [0.15, 0.2) is 11.9 Å². The number of nitrogens with zero attached hydrogens (tertiary/aromatic N) is 1. The highest BCUT2D eigenvalue weighted by Gasteiger charge is 2.34. The highest BCUT2D eigenvalue weighted by molar-refractivity contribution is 7.14. The zero-order chi connectivity index (χ0) is 24.7. The van der Waals surface area contributed by atoms with Gasteiger partial charge in [0, 0.05) is 36.6 Å². The van der Waals surface area contributed by atoms with Crippen molar-refractivity contribution in [2.45, 2.75) is 71.4 Å². The van der Waals surface area contributed by atoms with Crippen LogP contribution in [0.25, 0.3) is 0 Å². The first kappa shape index (κ1) is 25.6. The van der Waals surface area contributed by atoms with Crippen molar-refractivity contribution in [2.75, 3.05) is 11.4 Å². The molecule has 8 heteroatoms. The molecule has 3 rings (SSSR count). The molecule has 1 aliphatic heterocycles. The molecule has 1 aromatic carbocycles. The Labute approximate surface area is 204 Å². The fraction of sp³-hybridized carbons (Fsp3) is 0.462. The Morgan fingerprint density at radius 2 is 1.74 bits per heavy atom. The second kappa shape index (κ2) is 11.9. The number of carbonyl (C=O) groups excluding carboxylic acids is 4. The van der Waals surface area contributed by atoms with Gasteiger partial charge in [0.05, 0.1) is 17.1 Å². The van der Waals surface area contributed by atoms with E-state index in [4.69, 9.17) is 4.74 Å². The number of fused-ring (bicyclic) bond motifs is 1. The van der Waals surface area contributed by atoms with Gasteiger partial charge in [-0.25, -0.2) is 0 Å². The van der Waals surface area contributed by atoms with Crippen molar-refractivity contribution in [1.29, 1.82) is 0 Å². The van der Waals surface area contributed by atoms with Gasteiger partial charge in [-0.2, -0.15) is 0 Å². The molecule has 2 heterocycles. The van der Waals surface area contributed by atoms with Gasteiger partial charge in [0.25, 0.3) is 5.91 Å². The van der Waals surface area contributed by atoms with Gasteiger partial charge in [-0.15, -0.1) is 11.3 Å². The minimum atomic E-state index is -0.818. The number of para-hydroxylation sites is 2. The monoisotopic (exact) mass is 484 g/mol. The van der Waals surface area contributed by atoms with Crippen LogP contribution in [0.3, 0.4) is 0 Å². The van der Waals surface area contributed by atoms with Crippen molar-refractivity contribution in [2.24, 2.45) is 0 Å². The van der Waals surface area contributed by atoms with E-state index in [-0.39, 0.29) is 61.7 Å². The summed E-state index contributed by atoms with van der Waals surface area (Å²) < 4.78 is 5.89. The van der Waals surface area contributed by atoms with Gasteiger partial charge in [0.2, 0.25) is 5.91 Å². The molecule has 2 aromatic rings. The predicted octanol–water partition coefficient (Wildman–Crippen LogP) is 4.47. The summed E-state index contributed by atoms with van der Waals surface area (Å²) in [6.45, 7) is 6.04. The van der Waals surface area contributed by atoms with Crippen LogP contribution < -0.4 is 15.0 Å². The van der Waals surface area contributed by atoms with E-state index in [1.165, 1.54) is 16.2 Å². The van der Waals surface area contributed by atoms with Crippen molar-refractivity contribution in [3.05, 3.63) is 46.2 Å². The fourth-order valence-corrected chi connectivity index (χ4v) is 4.70. The lowest BCUT2D eigenvalue weighted by atomic mass is 10.1. The van der Waals surface area contributed by atoms with E-state index in [1.807, 2.05) is 26.8 Å². The molecule has 1 atom stereocenters. The molecule has 1 aliphatic rings. The topological polar surface area (TPSA) is 92.8 Å². The van der Waals surface area contributed by atoms with Crippen molar-refractivity contribution < 1.29 is 23.9 Å². The standard InChI is InChI=1S/C26H32N2O5S/c1-4-18(5-2)27-26(32)23-16-28(20-8-6-7-9-22(20)33-23)25(31)15-12-19(29)11-13-21(30)24-14-10-17(3)34-24/h6-10,14,18,23H,4-5,11-13,15-16H2,1-3H3,(H,27,32). The average molecular weight is 485 g/mol. The molecule has 0 saturated carbocycles. The largest absolute Gasteiger partial charge is 0.477 e. The molecular weight excluding hydrogens is 452 g/mol. The average Bonchev–Trinajstić information content (AvgIpc) is 3.29.